The number of fused-ring (bicyclic) bond motifs is 1. The Kier molecular flexibility index (Phi) is 8.03. The van der Waals surface area contributed by atoms with Crippen molar-refractivity contribution in [3.05, 3.63) is 0 Å². The first-order chi connectivity index (χ1) is 19.5. The number of carbonyl (C=O) groups is 4. The fourth-order valence-corrected chi connectivity index (χ4v) is 6.67. The largest absolute Gasteiger partial charge is 0.471 e. The summed E-state index contributed by atoms with van der Waals surface area (Å²) in [6.45, 7) is 8.11. The number of nitriles is 1. The van der Waals surface area contributed by atoms with Gasteiger partial charge in [0.25, 0.3) is 0 Å². The van der Waals surface area contributed by atoms with Gasteiger partial charge in [0.05, 0.1) is 12.2 Å². The Labute approximate surface area is 244 Å². The van der Waals surface area contributed by atoms with Crippen molar-refractivity contribution in [1.29, 1.82) is 5.26 Å². The molecular formula is C27H35F6N5O5. The molecule has 0 aromatic rings. The van der Waals surface area contributed by atoms with Crippen LogP contribution in [0.15, 0.2) is 0 Å². The SMILES string of the molecule is C[C@@H](OC1(C(F)(F)F)CC1)[C@H](NC(=O)C(F)(F)F)C(=O)N1C[C@H]2[C@@H]([C@H]1C(=O)N[C@H](C#N)C[C@@H]1CC(C)(C)NC1=O)C2(C)C. The third-order valence-electron chi connectivity index (χ3n) is 9.25. The van der Waals surface area contributed by atoms with Gasteiger partial charge in [0.1, 0.15) is 18.1 Å². The van der Waals surface area contributed by atoms with Crippen LogP contribution in [0, 0.1) is 34.5 Å². The molecule has 4 amide bonds. The summed E-state index contributed by atoms with van der Waals surface area (Å²) in [7, 11) is 0. The Balaban J connectivity index is 1.56. The topological polar surface area (TPSA) is 141 Å². The lowest BCUT2D eigenvalue weighted by Crippen LogP contribution is -2.61. The highest BCUT2D eigenvalue weighted by Crippen LogP contribution is 2.65. The lowest BCUT2D eigenvalue weighted by molar-refractivity contribution is -0.249. The molecule has 0 aromatic carbocycles. The molecule has 0 bridgehead atoms. The van der Waals surface area contributed by atoms with Crippen LogP contribution in [-0.2, 0) is 23.9 Å². The summed E-state index contributed by atoms with van der Waals surface area (Å²) in [6, 6.07) is -2.69. The summed E-state index contributed by atoms with van der Waals surface area (Å²) < 4.78 is 85.3. The van der Waals surface area contributed by atoms with E-state index in [-0.39, 0.29) is 24.8 Å². The number of nitrogens with one attached hydrogen (secondary N) is 3. The number of likely N-dealkylation sites (tertiary alicyclic amines) is 1. The van der Waals surface area contributed by atoms with Crippen LogP contribution in [0.1, 0.15) is 60.3 Å². The maximum absolute atomic E-state index is 13.7. The molecule has 10 nitrogen and oxygen atoms in total. The fourth-order valence-electron chi connectivity index (χ4n) is 6.67. The molecule has 4 aliphatic rings. The van der Waals surface area contributed by atoms with Gasteiger partial charge in [0.15, 0.2) is 5.60 Å². The van der Waals surface area contributed by atoms with Crippen LogP contribution >= 0.6 is 0 Å². The van der Waals surface area contributed by atoms with Gasteiger partial charge >= 0.3 is 18.3 Å². The van der Waals surface area contributed by atoms with Crippen LogP contribution in [0.4, 0.5) is 26.3 Å². The highest BCUT2D eigenvalue weighted by Gasteiger charge is 2.70. The maximum Gasteiger partial charge on any atom is 0.471 e. The van der Waals surface area contributed by atoms with Crippen molar-refractivity contribution in [1.82, 2.24) is 20.9 Å². The molecule has 4 fully saturated rings. The lowest BCUT2D eigenvalue weighted by atomic mass is 9.91. The van der Waals surface area contributed by atoms with Crippen molar-refractivity contribution in [3.63, 3.8) is 0 Å². The molecular weight excluding hydrogens is 588 g/mol. The number of rotatable bonds is 9. The Morgan fingerprint density at radius 3 is 2.19 bits per heavy atom. The van der Waals surface area contributed by atoms with Gasteiger partial charge in [-0.2, -0.15) is 31.6 Å². The van der Waals surface area contributed by atoms with E-state index < -0.39 is 95.5 Å². The highest BCUT2D eigenvalue weighted by molar-refractivity contribution is 5.95. The Hall–Kier alpha value is -3.09. The number of alkyl halides is 6. The number of hydrogen-bond donors (Lipinski definition) is 3. The number of ether oxygens (including phenoxy) is 1. The van der Waals surface area contributed by atoms with E-state index in [9.17, 15) is 50.8 Å². The Bertz CT molecular complexity index is 1220. The van der Waals surface area contributed by atoms with E-state index in [1.165, 1.54) is 5.32 Å². The molecule has 0 aromatic heterocycles. The monoisotopic (exact) mass is 623 g/mol. The van der Waals surface area contributed by atoms with Gasteiger partial charge in [0, 0.05) is 18.0 Å². The number of piperidine rings is 1. The highest BCUT2D eigenvalue weighted by atomic mass is 19.4. The minimum atomic E-state index is -5.45. The van der Waals surface area contributed by atoms with Crippen LogP contribution in [0.5, 0.6) is 0 Å². The van der Waals surface area contributed by atoms with Gasteiger partial charge in [-0.25, -0.2) is 0 Å². The van der Waals surface area contributed by atoms with Crippen molar-refractivity contribution < 1.29 is 50.3 Å². The molecule has 2 aliphatic heterocycles. The summed E-state index contributed by atoms with van der Waals surface area (Å²) in [4.78, 5) is 52.5. The lowest BCUT2D eigenvalue weighted by Gasteiger charge is -2.36. The predicted molar refractivity (Wildman–Crippen MR) is 135 cm³/mol. The molecule has 4 rings (SSSR count). The summed E-state index contributed by atoms with van der Waals surface area (Å²) in [5.74, 6) is -6.15. The Morgan fingerprint density at radius 1 is 1.12 bits per heavy atom. The van der Waals surface area contributed by atoms with Gasteiger partial charge in [-0.3, -0.25) is 19.2 Å². The summed E-state index contributed by atoms with van der Waals surface area (Å²) >= 11 is 0. The third kappa shape index (κ3) is 6.28. The number of hydrogen-bond acceptors (Lipinski definition) is 6. The van der Waals surface area contributed by atoms with E-state index in [4.69, 9.17) is 4.74 Å². The van der Waals surface area contributed by atoms with Crippen LogP contribution in [-0.4, -0.2) is 82.8 Å². The van der Waals surface area contributed by atoms with Crippen molar-refractivity contribution in [3.8, 4) is 6.07 Å². The average Bonchev–Trinajstić information content (AvgIpc) is 3.64. The van der Waals surface area contributed by atoms with Gasteiger partial charge in [0.2, 0.25) is 17.7 Å². The minimum absolute atomic E-state index is 0.0235. The summed E-state index contributed by atoms with van der Waals surface area (Å²) in [6.07, 6.45) is -12.7. The number of nitrogens with zero attached hydrogens (tertiary/aromatic N) is 2. The van der Waals surface area contributed by atoms with Gasteiger partial charge in [-0.15, -0.1) is 0 Å². The second-order valence-electron chi connectivity index (χ2n) is 13.4. The standard InChI is InChI=1S/C27H35F6N5O5/c1-12(43-25(6-7-25)27(31,32)33)17(36-22(42)26(28,29)30)21(41)38-11-15-16(24(15,4)5)18(38)20(40)35-14(10-34)8-13-9-23(2,3)37-19(13)39/h12-18H,6-9,11H2,1-5H3,(H,35,40)(H,36,42)(H,37,39)/t12-,13-,14+,15+,16+,17+,18+/m1/s1. The first kappa shape index (κ1) is 32.8. The molecule has 43 heavy (non-hydrogen) atoms. The van der Waals surface area contributed by atoms with Crippen molar-refractivity contribution in [2.75, 3.05) is 6.54 Å². The molecule has 3 N–H and O–H groups in total. The molecule has 0 radical (unpaired) electrons. The molecule has 2 saturated carbocycles. The number of halogens is 6. The summed E-state index contributed by atoms with van der Waals surface area (Å²) in [5, 5.41) is 16.5. The van der Waals surface area contributed by atoms with E-state index in [0.29, 0.717) is 6.42 Å². The van der Waals surface area contributed by atoms with E-state index in [1.54, 1.807) is 13.8 Å². The van der Waals surface area contributed by atoms with E-state index in [2.05, 4.69) is 10.6 Å². The van der Waals surface area contributed by atoms with Crippen molar-refractivity contribution >= 4 is 23.6 Å². The fraction of sp³-hybridized carbons (Fsp3) is 0.815. The normalized spacial score (nSPS) is 30.3. The smallest absolute Gasteiger partial charge is 0.360 e. The first-order valence-electron chi connectivity index (χ1n) is 14.0. The van der Waals surface area contributed by atoms with E-state index in [1.807, 2.05) is 19.9 Å². The molecule has 7 atom stereocenters. The van der Waals surface area contributed by atoms with Crippen molar-refractivity contribution in [2.45, 2.75) is 108 Å². The van der Waals surface area contributed by atoms with Gasteiger partial charge in [-0.1, -0.05) is 13.8 Å². The number of carbonyl (C=O) groups excluding carboxylic acids is 4. The molecule has 2 aliphatic carbocycles. The van der Waals surface area contributed by atoms with E-state index >= 15 is 0 Å². The number of amides is 4. The molecule has 0 spiro atoms. The first-order valence-corrected chi connectivity index (χ1v) is 14.0. The molecule has 16 heteroatoms. The molecule has 2 saturated heterocycles. The quantitative estimate of drug-likeness (QED) is 0.337. The zero-order valence-electron chi connectivity index (χ0n) is 24.3. The second kappa shape index (κ2) is 10.5. The molecule has 240 valence electrons. The molecule has 0 unspecified atom stereocenters. The Morgan fingerprint density at radius 2 is 1.72 bits per heavy atom. The van der Waals surface area contributed by atoms with Gasteiger partial charge < -0.3 is 25.6 Å². The van der Waals surface area contributed by atoms with Crippen LogP contribution in [0.2, 0.25) is 0 Å². The summed E-state index contributed by atoms with van der Waals surface area (Å²) in [5.41, 5.74) is -3.62. The van der Waals surface area contributed by atoms with Gasteiger partial charge in [-0.05, 0) is 63.7 Å². The zero-order valence-corrected chi connectivity index (χ0v) is 24.3. The average molecular weight is 624 g/mol. The second-order valence-corrected chi connectivity index (χ2v) is 13.4. The predicted octanol–water partition coefficient (Wildman–Crippen LogP) is 2.33. The minimum Gasteiger partial charge on any atom is -0.360 e. The van der Waals surface area contributed by atoms with Crippen molar-refractivity contribution in [2.24, 2.45) is 23.2 Å². The van der Waals surface area contributed by atoms with Crippen LogP contribution in [0.3, 0.4) is 0 Å². The van der Waals surface area contributed by atoms with Crippen LogP contribution < -0.4 is 16.0 Å². The maximum atomic E-state index is 13.7. The molecule has 2 heterocycles. The van der Waals surface area contributed by atoms with E-state index in [0.717, 1.165) is 11.8 Å². The third-order valence-corrected chi connectivity index (χ3v) is 9.25. The van der Waals surface area contributed by atoms with Crippen LogP contribution in [0.25, 0.3) is 0 Å². The zero-order chi connectivity index (χ0) is 32.5.